The minimum absolute atomic E-state index is 0.0492. The second-order valence-electron chi connectivity index (χ2n) is 7.90. The zero-order valence-corrected chi connectivity index (χ0v) is 14.5. The van der Waals surface area contributed by atoms with Crippen LogP contribution in [0.25, 0.3) is 11.0 Å². The molecule has 3 aliphatic carbocycles. The summed E-state index contributed by atoms with van der Waals surface area (Å²) < 4.78 is 1.91. The van der Waals surface area contributed by atoms with Gasteiger partial charge in [0.05, 0.1) is 17.0 Å². The van der Waals surface area contributed by atoms with Crippen LogP contribution in [0, 0.1) is 5.92 Å². The number of nitrogens with zero attached hydrogens (tertiary/aromatic N) is 2. The van der Waals surface area contributed by atoms with Gasteiger partial charge in [0.1, 0.15) is 5.82 Å². The van der Waals surface area contributed by atoms with E-state index < -0.39 is 0 Å². The maximum absolute atomic E-state index is 13.6. The summed E-state index contributed by atoms with van der Waals surface area (Å²) in [6.07, 6.45) is 0. The van der Waals surface area contributed by atoms with E-state index in [1.165, 1.54) is 22.3 Å². The molecular weight excluding hydrogens is 332 g/mol. The first-order valence-electron chi connectivity index (χ1n) is 9.54. The van der Waals surface area contributed by atoms with Crippen LogP contribution in [0.15, 0.2) is 72.8 Å². The Balaban J connectivity index is 1.59. The Labute approximate surface area is 156 Å². The van der Waals surface area contributed by atoms with Crippen LogP contribution in [0.1, 0.15) is 50.6 Å². The molecule has 0 fully saturated rings. The quantitative estimate of drug-likeness (QED) is 0.462. The molecule has 128 valence electrons. The summed E-state index contributed by atoms with van der Waals surface area (Å²) >= 11 is 0. The third kappa shape index (κ3) is 1.47. The van der Waals surface area contributed by atoms with Crippen LogP contribution < -0.4 is 0 Å². The highest BCUT2D eigenvalue weighted by Crippen LogP contribution is 2.63. The van der Waals surface area contributed by atoms with E-state index in [0.29, 0.717) is 0 Å². The van der Waals surface area contributed by atoms with Crippen molar-refractivity contribution in [3.05, 3.63) is 101 Å². The number of hydrogen-bond acceptors (Lipinski definition) is 2. The van der Waals surface area contributed by atoms with Gasteiger partial charge < -0.3 is 0 Å². The molecule has 0 amide bonds. The Morgan fingerprint density at radius 1 is 0.667 bits per heavy atom. The fourth-order valence-electron chi connectivity index (χ4n) is 5.93. The van der Waals surface area contributed by atoms with Crippen LogP contribution in [-0.4, -0.2) is 15.5 Å². The lowest BCUT2D eigenvalue weighted by molar-refractivity contribution is 0.0829. The number of aromatic nitrogens is 2. The summed E-state index contributed by atoms with van der Waals surface area (Å²) in [5.74, 6) is 1.56. The van der Waals surface area contributed by atoms with Gasteiger partial charge in [-0.05, 0) is 34.4 Å². The van der Waals surface area contributed by atoms with E-state index in [2.05, 4.69) is 48.5 Å². The van der Waals surface area contributed by atoms with Crippen LogP contribution in [0.3, 0.4) is 0 Å². The molecule has 1 aliphatic heterocycles. The normalized spacial score (nSPS) is 26.6. The number of rotatable bonds is 0. The first-order valence-corrected chi connectivity index (χ1v) is 9.54. The lowest BCUT2D eigenvalue weighted by Crippen LogP contribution is -2.39. The van der Waals surface area contributed by atoms with Gasteiger partial charge in [-0.1, -0.05) is 60.7 Å². The topological polar surface area (TPSA) is 34.9 Å². The van der Waals surface area contributed by atoms with E-state index >= 15 is 0 Å². The second kappa shape index (κ2) is 4.55. The Hall–Kier alpha value is -3.20. The van der Waals surface area contributed by atoms with Gasteiger partial charge in [-0.3, -0.25) is 9.36 Å². The number of carbonyl (C=O) groups is 1. The van der Waals surface area contributed by atoms with Crippen molar-refractivity contribution in [3.8, 4) is 0 Å². The zero-order valence-electron chi connectivity index (χ0n) is 14.5. The molecule has 2 atom stereocenters. The van der Waals surface area contributed by atoms with Gasteiger partial charge in [0.2, 0.25) is 5.91 Å². The van der Waals surface area contributed by atoms with Gasteiger partial charge in [-0.15, -0.1) is 0 Å². The molecule has 3 nitrogen and oxygen atoms in total. The Kier molecular flexibility index (Phi) is 2.35. The fourth-order valence-corrected chi connectivity index (χ4v) is 5.93. The van der Waals surface area contributed by atoms with Crippen molar-refractivity contribution in [1.29, 1.82) is 0 Å². The van der Waals surface area contributed by atoms with Crippen molar-refractivity contribution < 1.29 is 4.79 Å². The maximum atomic E-state index is 13.6. The molecular formula is C24H16N2O. The zero-order chi connectivity index (χ0) is 17.7. The number of fused-ring (bicyclic) bond motifs is 3. The highest BCUT2D eigenvalue weighted by Gasteiger charge is 2.58. The number of hydrogen-bond donors (Lipinski definition) is 0. The molecule has 3 heteroatoms. The SMILES string of the molecule is O=C1[C@H]2C3c4ccccc4C(c4ccccc43)[C@H]2c2nc3ccccc3n21. The second-order valence-corrected chi connectivity index (χ2v) is 7.90. The molecule has 0 spiro atoms. The molecule has 0 saturated heterocycles. The molecule has 4 aliphatic rings. The molecule has 0 radical (unpaired) electrons. The Morgan fingerprint density at radius 3 is 1.81 bits per heavy atom. The highest BCUT2D eigenvalue weighted by molar-refractivity contribution is 5.97. The fraction of sp³-hybridized carbons (Fsp3) is 0.167. The van der Waals surface area contributed by atoms with E-state index in [1.54, 1.807) is 0 Å². The number of imidazole rings is 1. The van der Waals surface area contributed by atoms with Gasteiger partial charge in [-0.25, -0.2) is 4.98 Å². The van der Waals surface area contributed by atoms with Crippen molar-refractivity contribution in [3.63, 3.8) is 0 Å². The van der Waals surface area contributed by atoms with Crippen LogP contribution in [0.4, 0.5) is 0 Å². The average Bonchev–Trinajstić information content (AvgIpc) is 3.24. The molecule has 3 aromatic carbocycles. The maximum Gasteiger partial charge on any atom is 0.237 e. The minimum Gasteiger partial charge on any atom is -0.274 e. The molecule has 0 N–H and O–H groups in total. The van der Waals surface area contributed by atoms with E-state index in [-0.39, 0.29) is 29.6 Å². The summed E-state index contributed by atoms with van der Waals surface area (Å²) in [7, 11) is 0. The minimum atomic E-state index is -0.0492. The molecule has 0 unspecified atom stereocenters. The van der Waals surface area contributed by atoms with Crippen LogP contribution in [0.2, 0.25) is 0 Å². The van der Waals surface area contributed by atoms with Gasteiger partial charge in [0, 0.05) is 17.8 Å². The van der Waals surface area contributed by atoms with Crippen LogP contribution in [0.5, 0.6) is 0 Å². The Bertz CT molecular complexity index is 1240. The molecule has 1 aromatic heterocycles. The number of carbonyl (C=O) groups excluding carboxylic acids is 1. The van der Waals surface area contributed by atoms with Crippen molar-refractivity contribution in [1.82, 2.24) is 9.55 Å². The van der Waals surface area contributed by atoms with Gasteiger partial charge >= 0.3 is 0 Å². The van der Waals surface area contributed by atoms with E-state index in [4.69, 9.17) is 4.98 Å². The molecule has 27 heavy (non-hydrogen) atoms. The summed E-state index contributed by atoms with van der Waals surface area (Å²) in [6, 6.07) is 25.4. The van der Waals surface area contributed by atoms with Crippen molar-refractivity contribution >= 4 is 16.9 Å². The molecule has 4 aromatic rings. The number of para-hydroxylation sites is 2. The standard InChI is InChI=1S/C24H16N2O/c27-24-22-20-15-9-3-1-7-13(15)19(14-8-2-4-10-16(14)20)21(22)23-25-17-11-5-6-12-18(17)26(23)24/h1-12,19-22H/t19?,20?,21-,22+/m1/s1. The average molecular weight is 348 g/mol. The lowest BCUT2D eigenvalue weighted by Gasteiger charge is -2.46. The van der Waals surface area contributed by atoms with Crippen molar-refractivity contribution in [2.24, 2.45) is 5.92 Å². The van der Waals surface area contributed by atoms with Crippen molar-refractivity contribution in [2.75, 3.05) is 0 Å². The highest BCUT2D eigenvalue weighted by atomic mass is 16.2. The lowest BCUT2D eigenvalue weighted by atomic mass is 9.55. The first kappa shape index (κ1) is 13.9. The largest absolute Gasteiger partial charge is 0.274 e. The molecule has 8 rings (SSSR count). The summed E-state index contributed by atoms with van der Waals surface area (Å²) in [4.78, 5) is 18.6. The first-order chi connectivity index (χ1) is 13.3. The van der Waals surface area contributed by atoms with Gasteiger partial charge in [0.15, 0.2) is 0 Å². The smallest absolute Gasteiger partial charge is 0.237 e. The van der Waals surface area contributed by atoms with Crippen LogP contribution in [-0.2, 0) is 0 Å². The number of benzene rings is 3. The molecule has 0 saturated carbocycles. The molecule has 2 bridgehead atoms. The third-order valence-electron chi connectivity index (χ3n) is 6.83. The Morgan fingerprint density at radius 2 is 1.19 bits per heavy atom. The monoisotopic (exact) mass is 348 g/mol. The summed E-state index contributed by atoms with van der Waals surface area (Å²) in [6.45, 7) is 0. The van der Waals surface area contributed by atoms with E-state index in [9.17, 15) is 4.79 Å². The van der Waals surface area contributed by atoms with E-state index in [0.717, 1.165) is 16.9 Å². The predicted octanol–water partition coefficient (Wildman–Crippen LogP) is 4.68. The summed E-state index contributed by atoms with van der Waals surface area (Å²) in [5, 5.41) is 0. The van der Waals surface area contributed by atoms with Crippen molar-refractivity contribution in [2.45, 2.75) is 17.8 Å². The summed E-state index contributed by atoms with van der Waals surface area (Å²) in [5.41, 5.74) is 7.25. The predicted molar refractivity (Wildman–Crippen MR) is 103 cm³/mol. The van der Waals surface area contributed by atoms with Gasteiger partial charge in [0.25, 0.3) is 0 Å². The van der Waals surface area contributed by atoms with Crippen LogP contribution >= 0.6 is 0 Å². The third-order valence-corrected chi connectivity index (χ3v) is 6.83. The molecule has 2 heterocycles. The van der Waals surface area contributed by atoms with Gasteiger partial charge in [-0.2, -0.15) is 0 Å². The van der Waals surface area contributed by atoms with E-state index in [1.807, 2.05) is 28.8 Å².